The monoisotopic (exact) mass is 299 g/mol. The Hall–Kier alpha value is -2.29. The van der Waals surface area contributed by atoms with E-state index in [0.717, 1.165) is 30.0 Å². The zero-order chi connectivity index (χ0) is 16.4. The summed E-state index contributed by atoms with van der Waals surface area (Å²) in [5, 5.41) is 0. The van der Waals surface area contributed by atoms with E-state index in [-0.39, 0.29) is 0 Å². The first-order valence-corrected chi connectivity index (χ1v) is 7.64. The Morgan fingerprint density at radius 2 is 2.05 bits per heavy atom. The normalized spacial score (nSPS) is 12.1. The van der Waals surface area contributed by atoms with Crippen molar-refractivity contribution in [3.8, 4) is 5.75 Å². The smallest absolute Gasteiger partial charge is 0.162 e. The molecule has 0 aliphatic carbocycles. The molecule has 0 saturated carbocycles. The maximum atomic E-state index is 5.53. The Balaban J connectivity index is 3.07. The number of methoxy groups -OCH3 is 1. The summed E-state index contributed by atoms with van der Waals surface area (Å²) in [6, 6.07) is 6.31. The van der Waals surface area contributed by atoms with Gasteiger partial charge >= 0.3 is 0 Å². The van der Waals surface area contributed by atoms with E-state index in [1.54, 1.807) is 7.11 Å². The third kappa shape index (κ3) is 4.92. The average molecular weight is 299 g/mol. The number of anilines is 1. The molecule has 0 amide bonds. The number of benzene rings is 1. The van der Waals surface area contributed by atoms with Crippen molar-refractivity contribution in [1.82, 2.24) is 0 Å². The average Bonchev–Trinajstić information content (AvgIpc) is 2.56. The van der Waals surface area contributed by atoms with Crippen molar-refractivity contribution in [2.45, 2.75) is 13.8 Å². The van der Waals surface area contributed by atoms with Crippen LogP contribution in [0.4, 0.5) is 5.69 Å². The van der Waals surface area contributed by atoms with Crippen LogP contribution in [-0.2, 0) is 0 Å². The lowest BCUT2D eigenvalue weighted by Crippen LogP contribution is -2.62. The topological polar surface area (TPSA) is 26.4 Å². The summed E-state index contributed by atoms with van der Waals surface area (Å²) in [5.41, 5.74) is 3.27. The van der Waals surface area contributed by atoms with E-state index in [1.807, 2.05) is 37.6 Å². The SMILES string of the molecule is C=CC(/C=C/c1ccc(N(CC)CC)cc1OC)=C\C=[NH+]C. The van der Waals surface area contributed by atoms with Gasteiger partial charge in [-0.2, -0.15) is 0 Å². The fourth-order valence-corrected chi connectivity index (χ4v) is 2.18. The third-order valence-electron chi connectivity index (χ3n) is 3.48. The number of allylic oxidation sites excluding steroid dienone is 4. The molecule has 0 spiro atoms. The summed E-state index contributed by atoms with van der Waals surface area (Å²) in [6.45, 7) is 10.1. The highest BCUT2D eigenvalue weighted by Crippen LogP contribution is 2.27. The van der Waals surface area contributed by atoms with E-state index in [9.17, 15) is 0 Å². The number of nitrogens with zero attached hydrogens (tertiary/aromatic N) is 1. The maximum absolute atomic E-state index is 5.53. The van der Waals surface area contributed by atoms with Gasteiger partial charge in [-0.25, -0.2) is 0 Å². The Bertz CT molecular complexity index is 567. The molecule has 3 nitrogen and oxygen atoms in total. The van der Waals surface area contributed by atoms with Gasteiger partial charge in [0.2, 0.25) is 0 Å². The zero-order valence-electron chi connectivity index (χ0n) is 14.1. The van der Waals surface area contributed by atoms with Gasteiger partial charge in [-0.1, -0.05) is 24.8 Å². The number of nitrogens with one attached hydrogen (secondary N) is 1. The molecule has 0 heterocycles. The van der Waals surface area contributed by atoms with Crippen LogP contribution in [-0.4, -0.2) is 33.5 Å². The molecule has 0 aliphatic heterocycles. The number of hydrogen-bond acceptors (Lipinski definition) is 2. The standard InChI is InChI=1S/C19H26N2O/c1-6-16(13-14-20-4)9-10-17-11-12-18(15-19(17)22-5)21(7-2)8-3/h6,9-15H,1,7-8H2,2-5H3/p+1/b10-9+,16-13+,20-14?. The van der Waals surface area contributed by atoms with Gasteiger partial charge in [0.25, 0.3) is 0 Å². The van der Waals surface area contributed by atoms with Crippen molar-refractivity contribution in [3.63, 3.8) is 0 Å². The van der Waals surface area contributed by atoms with Gasteiger partial charge in [0, 0.05) is 36.5 Å². The Kier molecular flexibility index (Phi) is 7.76. The second-order valence-corrected chi connectivity index (χ2v) is 4.76. The molecular formula is C19H27N2O+. The van der Waals surface area contributed by atoms with Gasteiger partial charge in [0.15, 0.2) is 6.21 Å². The minimum atomic E-state index is 0.877. The Morgan fingerprint density at radius 3 is 2.59 bits per heavy atom. The van der Waals surface area contributed by atoms with Crippen LogP contribution in [0.5, 0.6) is 5.75 Å². The first-order chi connectivity index (χ1) is 10.7. The number of hydrogen-bond donors (Lipinski definition) is 1. The van der Waals surface area contributed by atoms with Gasteiger partial charge in [0.05, 0.1) is 7.11 Å². The Labute approximate surface area is 134 Å². The Morgan fingerprint density at radius 1 is 1.32 bits per heavy atom. The fraction of sp³-hybridized carbons (Fsp3) is 0.316. The van der Waals surface area contributed by atoms with Crippen LogP contribution in [0.25, 0.3) is 6.08 Å². The molecule has 0 atom stereocenters. The van der Waals surface area contributed by atoms with Gasteiger partial charge in [-0.15, -0.1) is 0 Å². The van der Waals surface area contributed by atoms with Crippen LogP contribution >= 0.6 is 0 Å². The maximum Gasteiger partial charge on any atom is 0.162 e. The molecule has 0 aromatic heterocycles. The van der Waals surface area contributed by atoms with Gasteiger partial charge in [0.1, 0.15) is 12.8 Å². The highest BCUT2D eigenvalue weighted by molar-refractivity contribution is 5.71. The number of ether oxygens (including phenoxy) is 1. The lowest BCUT2D eigenvalue weighted by Gasteiger charge is -2.22. The molecule has 0 bridgehead atoms. The van der Waals surface area contributed by atoms with Gasteiger partial charge in [-0.3, -0.25) is 4.99 Å². The summed E-state index contributed by atoms with van der Waals surface area (Å²) >= 11 is 0. The van der Waals surface area contributed by atoms with Gasteiger partial charge < -0.3 is 9.64 Å². The fourth-order valence-electron chi connectivity index (χ4n) is 2.18. The highest BCUT2D eigenvalue weighted by atomic mass is 16.5. The molecule has 118 valence electrons. The number of rotatable bonds is 8. The van der Waals surface area contributed by atoms with Crippen molar-refractivity contribution in [2.75, 3.05) is 32.1 Å². The first-order valence-electron chi connectivity index (χ1n) is 7.64. The third-order valence-corrected chi connectivity index (χ3v) is 3.48. The predicted molar refractivity (Wildman–Crippen MR) is 96.8 cm³/mol. The molecule has 3 heteroatoms. The van der Waals surface area contributed by atoms with Crippen LogP contribution in [0.3, 0.4) is 0 Å². The van der Waals surface area contributed by atoms with E-state index in [0.29, 0.717) is 0 Å². The molecule has 1 N–H and O–H groups in total. The van der Waals surface area contributed by atoms with Crippen molar-refractivity contribution in [3.05, 3.63) is 54.1 Å². The lowest BCUT2D eigenvalue weighted by molar-refractivity contribution is -0.413. The lowest BCUT2D eigenvalue weighted by atomic mass is 10.1. The van der Waals surface area contributed by atoms with Crippen molar-refractivity contribution in [1.29, 1.82) is 0 Å². The molecule has 1 rings (SSSR count). The summed E-state index contributed by atoms with van der Waals surface area (Å²) in [7, 11) is 3.58. The van der Waals surface area contributed by atoms with E-state index >= 15 is 0 Å². The second-order valence-electron chi connectivity index (χ2n) is 4.76. The molecular weight excluding hydrogens is 272 g/mol. The highest BCUT2D eigenvalue weighted by Gasteiger charge is 2.06. The van der Waals surface area contributed by atoms with Crippen LogP contribution in [0, 0.1) is 0 Å². The summed E-state index contributed by atoms with van der Waals surface area (Å²) in [5.74, 6) is 0.877. The van der Waals surface area contributed by atoms with E-state index < -0.39 is 0 Å². The van der Waals surface area contributed by atoms with Crippen LogP contribution in [0.2, 0.25) is 0 Å². The molecule has 1 aromatic carbocycles. The van der Waals surface area contributed by atoms with Crippen LogP contribution in [0.1, 0.15) is 19.4 Å². The van der Waals surface area contributed by atoms with Gasteiger partial charge in [-0.05, 0) is 31.6 Å². The summed E-state index contributed by atoms with van der Waals surface area (Å²) < 4.78 is 5.53. The molecule has 0 fully saturated rings. The quantitative estimate of drug-likeness (QED) is 0.589. The van der Waals surface area contributed by atoms with Crippen LogP contribution < -0.4 is 14.6 Å². The molecule has 0 saturated heterocycles. The minimum absolute atomic E-state index is 0.877. The minimum Gasteiger partial charge on any atom is -0.496 e. The van der Waals surface area contributed by atoms with Crippen molar-refractivity contribution in [2.24, 2.45) is 0 Å². The molecule has 0 radical (unpaired) electrons. The molecule has 1 aromatic rings. The van der Waals surface area contributed by atoms with E-state index in [2.05, 4.69) is 48.5 Å². The summed E-state index contributed by atoms with van der Waals surface area (Å²) in [4.78, 5) is 5.27. The van der Waals surface area contributed by atoms with Crippen molar-refractivity contribution < 1.29 is 9.73 Å². The van der Waals surface area contributed by atoms with E-state index in [1.165, 1.54) is 5.69 Å². The van der Waals surface area contributed by atoms with E-state index in [4.69, 9.17) is 4.74 Å². The molecule has 0 unspecified atom stereocenters. The predicted octanol–water partition coefficient (Wildman–Crippen LogP) is 2.45. The second kappa shape index (κ2) is 9.61. The first kappa shape index (κ1) is 17.8. The summed E-state index contributed by atoms with van der Waals surface area (Å²) in [6.07, 6.45) is 9.74. The molecule has 22 heavy (non-hydrogen) atoms. The van der Waals surface area contributed by atoms with Crippen LogP contribution in [0.15, 0.2) is 48.6 Å². The molecule has 0 aliphatic rings. The largest absolute Gasteiger partial charge is 0.496 e. The van der Waals surface area contributed by atoms with Crippen molar-refractivity contribution >= 4 is 18.0 Å². The zero-order valence-corrected chi connectivity index (χ0v) is 14.1.